The lowest BCUT2D eigenvalue weighted by Crippen LogP contribution is -2.54. The molecular weight excluding hydrogens is 270 g/mol. The van der Waals surface area contributed by atoms with Gasteiger partial charge < -0.3 is 4.90 Å². The van der Waals surface area contributed by atoms with Crippen LogP contribution in [0.4, 0.5) is 11.4 Å². The van der Waals surface area contributed by atoms with Gasteiger partial charge in [-0.05, 0) is 31.5 Å². The molecule has 0 radical (unpaired) electrons. The fourth-order valence-corrected chi connectivity index (χ4v) is 3.39. The van der Waals surface area contributed by atoms with Gasteiger partial charge in [0.05, 0.1) is 10.5 Å². The van der Waals surface area contributed by atoms with E-state index in [0.717, 1.165) is 25.3 Å². The van der Waals surface area contributed by atoms with Crippen molar-refractivity contribution in [2.24, 2.45) is 0 Å². The molecule has 0 amide bonds. The zero-order chi connectivity index (χ0) is 14.8. The first-order valence-electron chi connectivity index (χ1n) is 7.41. The van der Waals surface area contributed by atoms with Crippen molar-refractivity contribution in [2.75, 3.05) is 31.1 Å². The topological polar surface area (TPSA) is 66.7 Å². The van der Waals surface area contributed by atoms with Crippen LogP contribution in [0.15, 0.2) is 18.2 Å². The molecule has 2 aliphatic heterocycles. The third-order valence-corrected chi connectivity index (χ3v) is 4.54. The van der Waals surface area contributed by atoms with Gasteiger partial charge in [0.15, 0.2) is 6.29 Å². The summed E-state index contributed by atoms with van der Waals surface area (Å²) in [6.45, 7) is 4.05. The molecular formula is C15H19N3O3. The van der Waals surface area contributed by atoms with Crippen LogP contribution in [-0.2, 0) is 0 Å². The van der Waals surface area contributed by atoms with Crippen LogP contribution in [0.25, 0.3) is 0 Å². The van der Waals surface area contributed by atoms with Crippen molar-refractivity contribution in [3.05, 3.63) is 33.9 Å². The molecule has 1 aromatic rings. The summed E-state index contributed by atoms with van der Waals surface area (Å²) in [6, 6.07) is 5.40. The van der Waals surface area contributed by atoms with Gasteiger partial charge in [0, 0.05) is 37.4 Å². The Bertz CT molecular complexity index is 561. The van der Waals surface area contributed by atoms with Gasteiger partial charge in [0.2, 0.25) is 0 Å². The molecule has 0 bridgehead atoms. The summed E-state index contributed by atoms with van der Waals surface area (Å²) >= 11 is 0. The number of carbonyl (C=O) groups excluding carboxylic acids is 1. The van der Waals surface area contributed by atoms with Gasteiger partial charge in [-0.1, -0.05) is 6.42 Å². The Kier molecular flexibility index (Phi) is 3.88. The van der Waals surface area contributed by atoms with Crippen molar-refractivity contribution in [3.8, 4) is 0 Å². The fourth-order valence-electron chi connectivity index (χ4n) is 3.39. The second-order valence-corrected chi connectivity index (χ2v) is 5.75. The van der Waals surface area contributed by atoms with E-state index in [9.17, 15) is 14.9 Å². The number of piperazine rings is 1. The third kappa shape index (κ3) is 2.76. The quantitative estimate of drug-likeness (QED) is 0.484. The second kappa shape index (κ2) is 5.81. The largest absolute Gasteiger partial charge is 0.369 e. The normalized spacial score (nSPS) is 22.7. The minimum atomic E-state index is -0.507. The minimum absolute atomic E-state index is 0.120. The monoisotopic (exact) mass is 289 g/mol. The number of carbonyl (C=O) groups is 1. The predicted octanol–water partition coefficient (Wildman–Crippen LogP) is 2.08. The van der Waals surface area contributed by atoms with Gasteiger partial charge in [-0.25, -0.2) is 0 Å². The van der Waals surface area contributed by atoms with Crippen molar-refractivity contribution in [3.63, 3.8) is 0 Å². The maximum Gasteiger partial charge on any atom is 0.280 e. The number of fused-ring (bicyclic) bond motifs is 1. The van der Waals surface area contributed by atoms with E-state index in [4.69, 9.17) is 0 Å². The molecule has 0 N–H and O–H groups in total. The zero-order valence-electron chi connectivity index (χ0n) is 11.9. The van der Waals surface area contributed by atoms with Crippen LogP contribution in [0.5, 0.6) is 0 Å². The first-order valence-corrected chi connectivity index (χ1v) is 7.41. The van der Waals surface area contributed by atoms with Crippen LogP contribution in [0.1, 0.15) is 29.6 Å². The van der Waals surface area contributed by atoms with Gasteiger partial charge in [0.25, 0.3) is 5.69 Å². The van der Waals surface area contributed by atoms with E-state index in [2.05, 4.69) is 9.80 Å². The van der Waals surface area contributed by atoms with Gasteiger partial charge in [-0.15, -0.1) is 0 Å². The molecule has 0 spiro atoms. The lowest BCUT2D eigenvalue weighted by molar-refractivity contribution is -0.385. The van der Waals surface area contributed by atoms with E-state index in [1.807, 2.05) is 0 Å². The molecule has 0 aliphatic carbocycles. The Labute approximate surface area is 123 Å². The molecule has 1 unspecified atom stereocenters. The van der Waals surface area contributed by atoms with E-state index in [1.165, 1.54) is 31.9 Å². The van der Waals surface area contributed by atoms with Crippen molar-refractivity contribution < 1.29 is 9.72 Å². The highest BCUT2D eigenvalue weighted by Crippen LogP contribution is 2.28. The van der Waals surface area contributed by atoms with Gasteiger partial charge in [0.1, 0.15) is 0 Å². The Morgan fingerprint density at radius 2 is 2.10 bits per heavy atom. The molecule has 2 aliphatic rings. The second-order valence-electron chi connectivity index (χ2n) is 5.75. The summed E-state index contributed by atoms with van der Waals surface area (Å²) in [6.07, 6.45) is 4.33. The number of rotatable bonds is 3. The Hall–Kier alpha value is -1.95. The van der Waals surface area contributed by atoms with Crippen LogP contribution < -0.4 is 4.90 Å². The van der Waals surface area contributed by atoms with Crippen molar-refractivity contribution >= 4 is 17.7 Å². The van der Waals surface area contributed by atoms with Crippen molar-refractivity contribution in [2.45, 2.75) is 25.3 Å². The van der Waals surface area contributed by atoms with Crippen LogP contribution in [-0.4, -0.2) is 48.3 Å². The van der Waals surface area contributed by atoms with Gasteiger partial charge in [-0.3, -0.25) is 19.8 Å². The lowest BCUT2D eigenvalue weighted by atomic mass is 9.99. The number of nitro groups is 1. The molecule has 2 fully saturated rings. The van der Waals surface area contributed by atoms with E-state index in [-0.39, 0.29) is 11.3 Å². The summed E-state index contributed by atoms with van der Waals surface area (Å²) in [5, 5.41) is 10.9. The molecule has 2 heterocycles. The molecule has 0 saturated carbocycles. The van der Waals surface area contributed by atoms with Gasteiger partial charge >= 0.3 is 0 Å². The highest BCUT2D eigenvalue weighted by Gasteiger charge is 2.29. The SMILES string of the molecule is O=Cc1cc(N2CCN3CCCCC3C2)ccc1[N+](=O)[O-]. The molecule has 6 nitrogen and oxygen atoms in total. The number of nitrogens with zero attached hydrogens (tertiary/aromatic N) is 3. The number of hydrogen-bond donors (Lipinski definition) is 0. The maximum atomic E-state index is 11.1. The molecule has 1 aromatic carbocycles. The average Bonchev–Trinajstić information content (AvgIpc) is 2.53. The summed E-state index contributed by atoms with van der Waals surface area (Å²) in [7, 11) is 0. The third-order valence-electron chi connectivity index (χ3n) is 4.54. The lowest BCUT2D eigenvalue weighted by Gasteiger charge is -2.45. The van der Waals surface area contributed by atoms with Gasteiger partial charge in [-0.2, -0.15) is 0 Å². The number of hydrogen-bond acceptors (Lipinski definition) is 5. The Morgan fingerprint density at radius 1 is 1.24 bits per heavy atom. The maximum absolute atomic E-state index is 11.1. The van der Waals surface area contributed by atoms with E-state index in [0.29, 0.717) is 12.3 Å². The average molecular weight is 289 g/mol. The molecule has 6 heteroatoms. The predicted molar refractivity (Wildman–Crippen MR) is 79.9 cm³/mol. The standard InChI is InChI=1S/C15H19N3O3/c19-11-12-9-13(4-5-15(12)18(20)21)17-8-7-16-6-2-1-3-14(16)10-17/h4-5,9,11,14H,1-3,6-8,10H2. The molecule has 21 heavy (non-hydrogen) atoms. The molecule has 0 aromatic heterocycles. The Morgan fingerprint density at radius 3 is 2.86 bits per heavy atom. The number of benzene rings is 1. The Balaban J connectivity index is 1.80. The van der Waals surface area contributed by atoms with E-state index < -0.39 is 4.92 Å². The molecule has 2 saturated heterocycles. The van der Waals surface area contributed by atoms with Crippen molar-refractivity contribution in [1.82, 2.24) is 4.90 Å². The molecule has 3 rings (SSSR count). The smallest absolute Gasteiger partial charge is 0.280 e. The minimum Gasteiger partial charge on any atom is -0.369 e. The number of anilines is 1. The summed E-state index contributed by atoms with van der Waals surface area (Å²) in [4.78, 5) is 26.2. The van der Waals surface area contributed by atoms with E-state index >= 15 is 0 Å². The van der Waals surface area contributed by atoms with Crippen LogP contribution in [0.2, 0.25) is 0 Å². The number of aldehydes is 1. The van der Waals surface area contributed by atoms with Crippen molar-refractivity contribution in [1.29, 1.82) is 0 Å². The number of piperidine rings is 1. The molecule has 112 valence electrons. The van der Waals surface area contributed by atoms with Crippen LogP contribution in [0.3, 0.4) is 0 Å². The number of nitro benzene ring substituents is 1. The molecule has 1 atom stereocenters. The highest BCUT2D eigenvalue weighted by molar-refractivity contribution is 5.83. The summed E-state index contributed by atoms with van der Waals surface area (Å²) in [5.74, 6) is 0. The first kappa shape index (κ1) is 14.0. The van der Waals surface area contributed by atoms with E-state index in [1.54, 1.807) is 12.1 Å². The zero-order valence-corrected chi connectivity index (χ0v) is 11.9. The fraction of sp³-hybridized carbons (Fsp3) is 0.533. The summed E-state index contributed by atoms with van der Waals surface area (Å²) < 4.78 is 0. The first-order chi connectivity index (χ1) is 10.2. The van der Waals surface area contributed by atoms with Crippen LogP contribution >= 0.6 is 0 Å². The highest BCUT2D eigenvalue weighted by atomic mass is 16.6. The summed E-state index contributed by atoms with van der Waals surface area (Å²) in [5.41, 5.74) is 0.946. The van der Waals surface area contributed by atoms with Crippen LogP contribution in [0, 0.1) is 10.1 Å².